The summed E-state index contributed by atoms with van der Waals surface area (Å²) in [6.45, 7) is 5.96. The van der Waals surface area contributed by atoms with Crippen LogP contribution >= 0.6 is 0 Å². The van der Waals surface area contributed by atoms with E-state index in [9.17, 15) is 4.79 Å². The second-order valence-corrected chi connectivity index (χ2v) is 4.91. The van der Waals surface area contributed by atoms with Crippen LogP contribution in [0.15, 0.2) is 36.4 Å². The first-order valence-electron chi connectivity index (χ1n) is 6.29. The summed E-state index contributed by atoms with van der Waals surface area (Å²) in [5, 5.41) is 0. The van der Waals surface area contributed by atoms with Gasteiger partial charge in [-0.15, -0.1) is 0 Å². The number of hydrogen-bond donors (Lipinski definition) is 0. The van der Waals surface area contributed by atoms with Gasteiger partial charge in [0.15, 0.2) is 5.78 Å². The maximum Gasteiger partial charge on any atom is 0.196 e. The van der Waals surface area contributed by atoms with Crippen molar-refractivity contribution in [3.8, 4) is 5.75 Å². The first-order valence-corrected chi connectivity index (χ1v) is 6.29. The van der Waals surface area contributed by atoms with E-state index in [2.05, 4.69) is 6.07 Å². The Kier molecular flexibility index (Phi) is 3.70. The summed E-state index contributed by atoms with van der Waals surface area (Å²) in [5.74, 6) is 0.627. The van der Waals surface area contributed by atoms with Crippen LogP contribution in [-0.4, -0.2) is 12.9 Å². The van der Waals surface area contributed by atoms with Crippen molar-refractivity contribution in [2.24, 2.45) is 0 Å². The van der Waals surface area contributed by atoms with Gasteiger partial charge >= 0.3 is 0 Å². The zero-order chi connectivity index (χ0) is 14.0. The highest BCUT2D eigenvalue weighted by Gasteiger charge is 2.15. The van der Waals surface area contributed by atoms with Crippen LogP contribution in [0.3, 0.4) is 0 Å². The lowest BCUT2D eigenvalue weighted by Crippen LogP contribution is -2.05. The van der Waals surface area contributed by atoms with Crippen molar-refractivity contribution in [3.05, 3.63) is 64.2 Å². The minimum Gasteiger partial charge on any atom is -0.496 e. The van der Waals surface area contributed by atoms with Crippen LogP contribution in [0.25, 0.3) is 0 Å². The van der Waals surface area contributed by atoms with E-state index in [1.165, 1.54) is 0 Å². The Hall–Kier alpha value is -2.09. The van der Waals surface area contributed by atoms with Gasteiger partial charge in [0.2, 0.25) is 0 Å². The van der Waals surface area contributed by atoms with Gasteiger partial charge in [-0.2, -0.15) is 0 Å². The van der Waals surface area contributed by atoms with E-state index in [0.29, 0.717) is 16.9 Å². The molecule has 0 aliphatic rings. The molecular weight excluding hydrogens is 236 g/mol. The lowest BCUT2D eigenvalue weighted by Gasteiger charge is -2.10. The number of aryl methyl sites for hydroxylation is 3. The van der Waals surface area contributed by atoms with Gasteiger partial charge in [-0.1, -0.05) is 28.8 Å². The van der Waals surface area contributed by atoms with Gasteiger partial charge in [0.25, 0.3) is 0 Å². The quantitative estimate of drug-likeness (QED) is 0.778. The molecule has 2 aromatic carbocycles. The fraction of sp³-hybridized carbons (Fsp3) is 0.235. The topological polar surface area (TPSA) is 26.3 Å². The third-order valence-corrected chi connectivity index (χ3v) is 3.08. The molecular formula is C17H18O2. The van der Waals surface area contributed by atoms with E-state index < -0.39 is 0 Å². The number of benzene rings is 2. The fourth-order valence-electron chi connectivity index (χ4n) is 2.26. The van der Waals surface area contributed by atoms with E-state index in [1.807, 2.05) is 51.1 Å². The number of rotatable bonds is 3. The lowest BCUT2D eigenvalue weighted by atomic mass is 9.98. The maximum absolute atomic E-state index is 12.6. The Morgan fingerprint density at radius 1 is 0.895 bits per heavy atom. The lowest BCUT2D eigenvalue weighted by molar-refractivity contribution is 0.103. The number of ether oxygens (including phenoxy) is 1. The standard InChI is InChI=1S/C17H18O2/c1-11-5-6-16(19-4)15(10-11)17(18)14-8-12(2)7-13(3)9-14/h5-10H,1-4H3. The average molecular weight is 254 g/mol. The molecule has 2 nitrogen and oxygen atoms in total. The zero-order valence-corrected chi connectivity index (χ0v) is 11.8. The molecule has 98 valence electrons. The minimum atomic E-state index is 0.00681. The van der Waals surface area contributed by atoms with Gasteiger partial charge in [0.1, 0.15) is 5.75 Å². The molecule has 19 heavy (non-hydrogen) atoms. The monoisotopic (exact) mass is 254 g/mol. The molecule has 0 bridgehead atoms. The van der Waals surface area contributed by atoms with Crippen LogP contribution < -0.4 is 4.74 Å². The Morgan fingerprint density at radius 2 is 1.53 bits per heavy atom. The van der Waals surface area contributed by atoms with Gasteiger partial charge < -0.3 is 4.74 Å². The van der Waals surface area contributed by atoms with Gasteiger partial charge in [-0.05, 0) is 45.0 Å². The van der Waals surface area contributed by atoms with Crippen molar-refractivity contribution in [2.45, 2.75) is 20.8 Å². The fourth-order valence-corrected chi connectivity index (χ4v) is 2.26. The molecule has 2 heteroatoms. The van der Waals surface area contributed by atoms with Crippen molar-refractivity contribution in [2.75, 3.05) is 7.11 Å². The molecule has 0 aliphatic carbocycles. The van der Waals surface area contributed by atoms with E-state index in [4.69, 9.17) is 4.74 Å². The van der Waals surface area contributed by atoms with Crippen LogP contribution in [0.4, 0.5) is 0 Å². The molecule has 0 spiro atoms. The molecule has 0 radical (unpaired) electrons. The first-order chi connectivity index (χ1) is 9.01. The summed E-state index contributed by atoms with van der Waals surface area (Å²) >= 11 is 0. The zero-order valence-electron chi connectivity index (χ0n) is 11.8. The summed E-state index contributed by atoms with van der Waals surface area (Å²) in [6, 6.07) is 11.5. The molecule has 0 N–H and O–H groups in total. The largest absolute Gasteiger partial charge is 0.496 e. The summed E-state index contributed by atoms with van der Waals surface area (Å²) in [4.78, 5) is 12.6. The molecule has 0 amide bonds. The molecule has 0 aliphatic heterocycles. The minimum absolute atomic E-state index is 0.00681. The summed E-state index contributed by atoms with van der Waals surface area (Å²) in [6.07, 6.45) is 0. The second kappa shape index (κ2) is 5.27. The Balaban J connectivity index is 2.52. The number of carbonyl (C=O) groups excluding carboxylic acids is 1. The Labute approximate surface area is 114 Å². The van der Waals surface area contributed by atoms with Crippen molar-refractivity contribution >= 4 is 5.78 Å². The molecule has 0 heterocycles. The average Bonchev–Trinajstić information content (AvgIpc) is 2.36. The molecule has 0 aromatic heterocycles. The van der Waals surface area contributed by atoms with Gasteiger partial charge in [-0.3, -0.25) is 4.79 Å². The highest BCUT2D eigenvalue weighted by atomic mass is 16.5. The highest BCUT2D eigenvalue weighted by Crippen LogP contribution is 2.23. The van der Waals surface area contributed by atoms with Crippen LogP contribution in [0.2, 0.25) is 0 Å². The van der Waals surface area contributed by atoms with E-state index in [0.717, 1.165) is 16.7 Å². The summed E-state index contributed by atoms with van der Waals surface area (Å²) in [5.41, 5.74) is 4.56. The van der Waals surface area contributed by atoms with Crippen LogP contribution in [-0.2, 0) is 0 Å². The molecule has 2 rings (SSSR count). The third kappa shape index (κ3) is 2.84. The maximum atomic E-state index is 12.6. The molecule has 0 fully saturated rings. The van der Waals surface area contributed by atoms with E-state index in [-0.39, 0.29) is 5.78 Å². The van der Waals surface area contributed by atoms with Crippen LogP contribution in [0.5, 0.6) is 5.75 Å². The van der Waals surface area contributed by atoms with Gasteiger partial charge in [-0.25, -0.2) is 0 Å². The van der Waals surface area contributed by atoms with Crippen molar-refractivity contribution in [1.29, 1.82) is 0 Å². The van der Waals surface area contributed by atoms with Gasteiger partial charge in [0, 0.05) is 5.56 Å². The van der Waals surface area contributed by atoms with Crippen molar-refractivity contribution < 1.29 is 9.53 Å². The van der Waals surface area contributed by atoms with Gasteiger partial charge in [0.05, 0.1) is 12.7 Å². The second-order valence-electron chi connectivity index (χ2n) is 4.91. The summed E-state index contributed by atoms with van der Waals surface area (Å²) in [7, 11) is 1.59. The van der Waals surface area contributed by atoms with Crippen LogP contribution in [0, 0.1) is 20.8 Å². The summed E-state index contributed by atoms with van der Waals surface area (Å²) < 4.78 is 5.28. The highest BCUT2D eigenvalue weighted by molar-refractivity contribution is 6.11. The molecule has 0 saturated carbocycles. The number of methoxy groups -OCH3 is 1. The van der Waals surface area contributed by atoms with E-state index in [1.54, 1.807) is 7.11 Å². The number of ketones is 1. The molecule has 0 saturated heterocycles. The molecule has 0 unspecified atom stereocenters. The van der Waals surface area contributed by atoms with E-state index >= 15 is 0 Å². The van der Waals surface area contributed by atoms with Crippen LogP contribution in [0.1, 0.15) is 32.6 Å². The predicted molar refractivity (Wildman–Crippen MR) is 77.1 cm³/mol. The normalized spacial score (nSPS) is 10.3. The Morgan fingerprint density at radius 3 is 2.11 bits per heavy atom. The molecule has 2 aromatic rings. The van der Waals surface area contributed by atoms with Crippen molar-refractivity contribution in [1.82, 2.24) is 0 Å². The number of hydrogen-bond acceptors (Lipinski definition) is 2. The predicted octanol–water partition coefficient (Wildman–Crippen LogP) is 3.85. The first kappa shape index (κ1) is 13.3. The number of carbonyl (C=O) groups is 1. The Bertz CT molecular complexity index is 607. The molecule has 0 atom stereocenters. The third-order valence-electron chi connectivity index (χ3n) is 3.08. The SMILES string of the molecule is COc1ccc(C)cc1C(=O)c1cc(C)cc(C)c1. The van der Waals surface area contributed by atoms with Crippen molar-refractivity contribution in [3.63, 3.8) is 0 Å². The smallest absolute Gasteiger partial charge is 0.196 e.